The van der Waals surface area contributed by atoms with E-state index in [9.17, 15) is 12.8 Å². The average Bonchev–Trinajstić information content (AvgIpc) is 2.61. The van der Waals surface area contributed by atoms with Crippen LogP contribution in [0.25, 0.3) is 0 Å². The van der Waals surface area contributed by atoms with Gasteiger partial charge in [0.2, 0.25) is 10.0 Å². The fraction of sp³-hybridized carbons (Fsp3) is 0.294. The van der Waals surface area contributed by atoms with Crippen LogP contribution in [-0.4, -0.2) is 36.5 Å². The van der Waals surface area contributed by atoms with Crippen LogP contribution in [0.3, 0.4) is 0 Å². The molecule has 0 bridgehead atoms. The highest BCUT2D eigenvalue weighted by molar-refractivity contribution is 7.89. The van der Waals surface area contributed by atoms with Gasteiger partial charge in [0.05, 0.1) is 5.71 Å². The number of hydrogen-bond acceptors (Lipinski definition) is 5. The lowest BCUT2D eigenvalue weighted by atomic mass is 10.1. The molecule has 0 saturated carbocycles. The lowest BCUT2D eigenvalue weighted by Gasteiger charge is -2.18. The third kappa shape index (κ3) is 4.61. The summed E-state index contributed by atoms with van der Waals surface area (Å²) in [6.07, 6.45) is 1.30. The standard InChI is InChI=1S/C17H21FN4O2S/c1-4-22(5-2)25(23,24)16-10-11-17(19-12-16)21-20-13(3)14-6-8-15(18)9-7-14/h6-12H,4-5H2,1-3H3,(H,19,21)/b20-13+. The van der Waals surface area contributed by atoms with Crippen molar-refractivity contribution in [1.82, 2.24) is 9.29 Å². The van der Waals surface area contributed by atoms with Gasteiger partial charge < -0.3 is 0 Å². The number of nitrogens with zero attached hydrogens (tertiary/aromatic N) is 3. The summed E-state index contributed by atoms with van der Waals surface area (Å²) in [5.41, 5.74) is 4.20. The van der Waals surface area contributed by atoms with E-state index in [1.807, 2.05) is 0 Å². The highest BCUT2D eigenvalue weighted by Gasteiger charge is 2.21. The molecule has 1 aromatic heterocycles. The molecule has 0 spiro atoms. The quantitative estimate of drug-likeness (QED) is 0.605. The van der Waals surface area contributed by atoms with E-state index in [-0.39, 0.29) is 10.7 Å². The zero-order valence-electron chi connectivity index (χ0n) is 14.4. The minimum absolute atomic E-state index is 0.140. The van der Waals surface area contributed by atoms with Gasteiger partial charge in [0, 0.05) is 19.3 Å². The Morgan fingerprint density at radius 2 is 1.80 bits per heavy atom. The first-order chi connectivity index (χ1) is 11.9. The number of aromatic nitrogens is 1. The van der Waals surface area contributed by atoms with E-state index in [1.165, 1.54) is 28.7 Å². The molecule has 25 heavy (non-hydrogen) atoms. The van der Waals surface area contributed by atoms with Crippen molar-refractivity contribution in [3.63, 3.8) is 0 Å². The SMILES string of the molecule is CCN(CC)S(=O)(=O)c1ccc(N/N=C(\C)c2ccc(F)cc2)nc1. The van der Waals surface area contributed by atoms with Crippen LogP contribution in [-0.2, 0) is 10.0 Å². The molecular formula is C17H21FN4O2S. The smallest absolute Gasteiger partial charge is 0.244 e. The number of hydrogen-bond donors (Lipinski definition) is 1. The highest BCUT2D eigenvalue weighted by Crippen LogP contribution is 2.16. The Hall–Kier alpha value is -2.32. The molecule has 0 atom stereocenters. The van der Waals surface area contributed by atoms with E-state index in [4.69, 9.17) is 0 Å². The summed E-state index contributed by atoms with van der Waals surface area (Å²) in [6.45, 7) is 6.16. The second kappa shape index (κ2) is 8.17. The van der Waals surface area contributed by atoms with Gasteiger partial charge in [0.1, 0.15) is 16.5 Å². The van der Waals surface area contributed by atoms with Gasteiger partial charge in [-0.15, -0.1) is 0 Å². The molecule has 0 fully saturated rings. The van der Waals surface area contributed by atoms with Crippen LogP contribution in [0.4, 0.5) is 10.2 Å². The largest absolute Gasteiger partial charge is 0.261 e. The number of sulfonamides is 1. The molecule has 134 valence electrons. The Balaban J connectivity index is 2.12. The van der Waals surface area contributed by atoms with Crippen LogP contribution in [0.2, 0.25) is 0 Å². The Kier molecular flexibility index (Phi) is 6.22. The minimum atomic E-state index is -3.52. The maximum atomic E-state index is 12.9. The van der Waals surface area contributed by atoms with E-state index in [0.717, 1.165) is 5.56 Å². The number of rotatable bonds is 7. The second-order valence-corrected chi connectivity index (χ2v) is 7.22. The minimum Gasteiger partial charge on any atom is -0.261 e. The third-order valence-electron chi connectivity index (χ3n) is 3.68. The molecule has 1 aromatic carbocycles. The summed E-state index contributed by atoms with van der Waals surface area (Å²) in [5.74, 6) is 0.108. The predicted molar refractivity (Wildman–Crippen MR) is 96.6 cm³/mol. The predicted octanol–water partition coefficient (Wildman–Crippen LogP) is 3.09. The molecule has 0 radical (unpaired) electrons. The zero-order chi connectivity index (χ0) is 18.4. The molecule has 0 aliphatic carbocycles. The van der Waals surface area contributed by atoms with Gasteiger partial charge in [-0.25, -0.2) is 17.8 Å². The van der Waals surface area contributed by atoms with Crippen molar-refractivity contribution >= 4 is 21.6 Å². The van der Waals surface area contributed by atoms with Gasteiger partial charge in [-0.05, 0) is 36.8 Å². The zero-order valence-corrected chi connectivity index (χ0v) is 15.2. The number of benzene rings is 1. The molecule has 0 aliphatic heterocycles. The first-order valence-corrected chi connectivity index (χ1v) is 9.35. The van der Waals surface area contributed by atoms with E-state index in [1.54, 1.807) is 39.0 Å². The van der Waals surface area contributed by atoms with Crippen molar-refractivity contribution in [3.05, 3.63) is 54.0 Å². The van der Waals surface area contributed by atoms with Crippen LogP contribution in [0.1, 0.15) is 26.3 Å². The summed E-state index contributed by atoms with van der Waals surface area (Å²) in [4.78, 5) is 4.23. The molecule has 1 N–H and O–H groups in total. The first-order valence-electron chi connectivity index (χ1n) is 7.91. The van der Waals surface area contributed by atoms with E-state index in [2.05, 4.69) is 15.5 Å². The molecule has 8 heteroatoms. The summed E-state index contributed by atoms with van der Waals surface area (Å²) in [5, 5.41) is 4.18. The van der Waals surface area contributed by atoms with Crippen LogP contribution in [0, 0.1) is 5.82 Å². The highest BCUT2D eigenvalue weighted by atomic mass is 32.2. The molecule has 0 aliphatic rings. The summed E-state index contributed by atoms with van der Waals surface area (Å²) in [6, 6.07) is 9.02. The summed E-state index contributed by atoms with van der Waals surface area (Å²) in [7, 11) is -3.52. The van der Waals surface area contributed by atoms with E-state index < -0.39 is 10.0 Å². The second-order valence-electron chi connectivity index (χ2n) is 5.28. The normalized spacial score (nSPS) is 12.4. The van der Waals surface area contributed by atoms with Crippen LogP contribution >= 0.6 is 0 Å². The van der Waals surface area contributed by atoms with Gasteiger partial charge in [-0.3, -0.25) is 5.43 Å². The lowest BCUT2D eigenvalue weighted by Crippen LogP contribution is -2.30. The van der Waals surface area contributed by atoms with Crippen LogP contribution < -0.4 is 5.43 Å². The molecule has 2 rings (SSSR count). The molecule has 2 aromatic rings. The Morgan fingerprint density at radius 3 is 2.32 bits per heavy atom. The number of pyridine rings is 1. The lowest BCUT2D eigenvalue weighted by molar-refractivity contribution is 0.445. The average molecular weight is 364 g/mol. The Morgan fingerprint density at radius 1 is 1.16 bits per heavy atom. The van der Waals surface area contributed by atoms with Gasteiger partial charge in [-0.1, -0.05) is 26.0 Å². The maximum absolute atomic E-state index is 12.9. The van der Waals surface area contributed by atoms with Crippen molar-refractivity contribution < 1.29 is 12.8 Å². The van der Waals surface area contributed by atoms with Crippen molar-refractivity contribution in [2.75, 3.05) is 18.5 Å². The molecule has 0 amide bonds. The van der Waals surface area contributed by atoms with Crippen molar-refractivity contribution in [1.29, 1.82) is 0 Å². The fourth-order valence-corrected chi connectivity index (χ4v) is 3.61. The van der Waals surface area contributed by atoms with Crippen molar-refractivity contribution in [2.45, 2.75) is 25.7 Å². The van der Waals surface area contributed by atoms with E-state index >= 15 is 0 Å². The van der Waals surface area contributed by atoms with Gasteiger partial charge in [-0.2, -0.15) is 9.41 Å². The Labute approximate surface area is 147 Å². The summed E-state index contributed by atoms with van der Waals surface area (Å²) >= 11 is 0. The number of nitrogens with one attached hydrogen (secondary N) is 1. The van der Waals surface area contributed by atoms with Crippen molar-refractivity contribution in [3.8, 4) is 0 Å². The van der Waals surface area contributed by atoms with Crippen LogP contribution in [0.15, 0.2) is 52.6 Å². The number of hydrazone groups is 1. The van der Waals surface area contributed by atoms with Crippen molar-refractivity contribution in [2.24, 2.45) is 5.10 Å². The number of anilines is 1. The maximum Gasteiger partial charge on any atom is 0.244 e. The molecular weight excluding hydrogens is 343 g/mol. The van der Waals surface area contributed by atoms with Gasteiger partial charge in [0.15, 0.2) is 0 Å². The van der Waals surface area contributed by atoms with E-state index in [0.29, 0.717) is 24.6 Å². The first kappa shape index (κ1) is 19.0. The topological polar surface area (TPSA) is 74.7 Å². The molecule has 0 unspecified atom stereocenters. The summed E-state index contributed by atoms with van der Waals surface area (Å²) < 4.78 is 39.1. The number of halogens is 1. The third-order valence-corrected chi connectivity index (χ3v) is 5.71. The molecule has 0 saturated heterocycles. The van der Waals surface area contributed by atoms with Gasteiger partial charge in [0.25, 0.3) is 0 Å². The van der Waals surface area contributed by atoms with Crippen LogP contribution in [0.5, 0.6) is 0 Å². The van der Waals surface area contributed by atoms with Gasteiger partial charge >= 0.3 is 0 Å². The molecule has 6 nitrogen and oxygen atoms in total. The Bertz CT molecular complexity index is 830. The monoisotopic (exact) mass is 364 g/mol. The fourth-order valence-electron chi connectivity index (χ4n) is 2.21. The molecule has 1 heterocycles.